The van der Waals surface area contributed by atoms with Gasteiger partial charge in [-0.15, -0.1) is 0 Å². The molecule has 3 rings (SSSR count). The van der Waals surface area contributed by atoms with Gasteiger partial charge in [0.15, 0.2) is 0 Å². The summed E-state index contributed by atoms with van der Waals surface area (Å²) in [5, 5.41) is 5.91. The smallest absolute Gasteiger partial charge is 0.238 e. The van der Waals surface area contributed by atoms with Crippen molar-refractivity contribution >= 4 is 17.5 Å². The largest absolute Gasteiger partial charge is 0.497 e. The minimum Gasteiger partial charge on any atom is -0.497 e. The van der Waals surface area contributed by atoms with Crippen LogP contribution >= 0.6 is 0 Å². The summed E-state index contributed by atoms with van der Waals surface area (Å²) in [6.07, 6.45) is 0. The highest BCUT2D eigenvalue weighted by atomic mass is 16.5. The number of carbonyl (C=O) groups is 2. The highest BCUT2D eigenvalue weighted by molar-refractivity contribution is 5.92. The standard InChI is InChI=1S/C25H27N3O3/c1-28(17-23(29)26-21-13-15-22(31-2)16-14-21)18-24(30)27-25(19-9-5-3-6-10-19)20-11-7-4-8-12-20/h3-16,25H,17-18H2,1-2H3,(H,26,29)(H,27,30). The highest BCUT2D eigenvalue weighted by Gasteiger charge is 2.18. The summed E-state index contributed by atoms with van der Waals surface area (Å²) in [6.45, 7) is 0.201. The molecule has 0 aliphatic carbocycles. The van der Waals surface area contributed by atoms with Gasteiger partial charge < -0.3 is 15.4 Å². The molecule has 0 heterocycles. The van der Waals surface area contributed by atoms with Crippen molar-refractivity contribution in [2.24, 2.45) is 0 Å². The van der Waals surface area contributed by atoms with Crippen molar-refractivity contribution in [1.29, 1.82) is 0 Å². The third-order valence-electron chi connectivity index (χ3n) is 4.77. The van der Waals surface area contributed by atoms with Crippen LogP contribution in [0.2, 0.25) is 0 Å². The van der Waals surface area contributed by atoms with Gasteiger partial charge in [0.1, 0.15) is 5.75 Å². The zero-order valence-electron chi connectivity index (χ0n) is 17.7. The normalized spacial score (nSPS) is 10.7. The Hall–Kier alpha value is -3.64. The van der Waals surface area contributed by atoms with Crippen LogP contribution in [0.1, 0.15) is 17.2 Å². The first kappa shape index (κ1) is 22.1. The number of ether oxygens (including phenoxy) is 1. The summed E-state index contributed by atoms with van der Waals surface area (Å²) >= 11 is 0. The lowest BCUT2D eigenvalue weighted by atomic mass is 9.99. The van der Waals surface area contributed by atoms with Gasteiger partial charge in [-0.05, 0) is 42.4 Å². The SMILES string of the molecule is COc1ccc(NC(=O)CN(C)CC(=O)NC(c2ccccc2)c2ccccc2)cc1. The molecule has 2 amide bonds. The Kier molecular flexibility index (Phi) is 7.79. The Morgan fingerprint density at radius 3 is 1.84 bits per heavy atom. The molecule has 3 aromatic carbocycles. The van der Waals surface area contributed by atoms with Gasteiger partial charge in [-0.25, -0.2) is 0 Å². The number of amides is 2. The van der Waals surface area contributed by atoms with Crippen LogP contribution in [0.5, 0.6) is 5.75 Å². The lowest BCUT2D eigenvalue weighted by Crippen LogP contribution is -2.40. The van der Waals surface area contributed by atoms with E-state index < -0.39 is 0 Å². The van der Waals surface area contributed by atoms with E-state index in [-0.39, 0.29) is 30.9 Å². The maximum atomic E-state index is 12.7. The molecule has 2 N–H and O–H groups in total. The monoisotopic (exact) mass is 417 g/mol. The van der Waals surface area contributed by atoms with E-state index in [4.69, 9.17) is 4.74 Å². The van der Waals surface area contributed by atoms with Crippen molar-refractivity contribution in [3.63, 3.8) is 0 Å². The molecule has 160 valence electrons. The highest BCUT2D eigenvalue weighted by Crippen LogP contribution is 2.21. The molecule has 0 fully saturated rings. The van der Waals surface area contributed by atoms with Crippen LogP contribution in [0.4, 0.5) is 5.69 Å². The molecular weight excluding hydrogens is 390 g/mol. The maximum absolute atomic E-state index is 12.7. The second-order valence-corrected chi connectivity index (χ2v) is 7.27. The number of rotatable bonds is 9. The maximum Gasteiger partial charge on any atom is 0.238 e. The number of hydrogen-bond donors (Lipinski definition) is 2. The fraction of sp³-hybridized carbons (Fsp3) is 0.200. The van der Waals surface area contributed by atoms with Crippen LogP contribution in [-0.4, -0.2) is 44.0 Å². The summed E-state index contributed by atoms with van der Waals surface area (Å²) in [5.74, 6) is 0.374. The Morgan fingerprint density at radius 1 is 0.806 bits per heavy atom. The topological polar surface area (TPSA) is 70.7 Å². The van der Waals surface area contributed by atoms with Crippen molar-refractivity contribution in [2.45, 2.75) is 6.04 Å². The fourth-order valence-corrected chi connectivity index (χ4v) is 3.28. The average molecular weight is 418 g/mol. The predicted molar refractivity (Wildman–Crippen MR) is 122 cm³/mol. The first-order valence-electron chi connectivity index (χ1n) is 10.1. The van der Waals surface area contributed by atoms with Gasteiger partial charge in [0.05, 0.1) is 26.2 Å². The lowest BCUT2D eigenvalue weighted by Gasteiger charge is -2.22. The fourth-order valence-electron chi connectivity index (χ4n) is 3.28. The van der Waals surface area contributed by atoms with Crippen LogP contribution in [0.25, 0.3) is 0 Å². The van der Waals surface area contributed by atoms with E-state index in [0.717, 1.165) is 16.9 Å². The molecule has 3 aromatic rings. The molecule has 0 spiro atoms. The van der Waals surface area contributed by atoms with Crippen LogP contribution in [-0.2, 0) is 9.59 Å². The van der Waals surface area contributed by atoms with Gasteiger partial charge >= 0.3 is 0 Å². The summed E-state index contributed by atoms with van der Waals surface area (Å²) in [5.41, 5.74) is 2.68. The molecule has 0 aromatic heterocycles. The number of nitrogens with zero attached hydrogens (tertiary/aromatic N) is 1. The minimum atomic E-state index is -0.253. The van der Waals surface area contributed by atoms with Crippen molar-refractivity contribution in [3.8, 4) is 5.75 Å². The third-order valence-corrected chi connectivity index (χ3v) is 4.77. The lowest BCUT2D eigenvalue weighted by molar-refractivity contribution is -0.123. The van der Waals surface area contributed by atoms with Crippen LogP contribution in [0.15, 0.2) is 84.9 Å². The number of methoxy groups -OCH3 is 1. The van der Waals surface area contributed by atoms with E-state index in [1.54, 1.807) is 43.3 Å². The summed E-state index contributed by atoms with van der Waals surface area (Å²) in [4.78, 5) is 26.7. The van der Waals surface area contributed by atoms with E-state index in [2.05, 4.69) is 10.6 Å². The number of nitrogens with one attached hydrogen (secondary N) is 2. The van der Waals surface area contributed by atoms with E-state index in [1.165, 1.54) is 0 Å². The van der Waals surface area contributed by atoms with Gasteiger partial charge in [0.25, 0.3) is 0 Å². The van der Waals surface area contributed by atoms with Crippen LogP contribution in [0.3, 0.4) is 0 Å². The third kappa shape index (κ3) is 6.69. The van der Waals surface area contributed by atoms with Crippen molar-refractivity contribution in [2.75, 3.05) is 32.6 Å². The first-order chi connectivity index (χ1) is 15.0. The van der Waals surface area contributed by atoms with Crippen LogP contribution in [0, 0.1) is 0 Å². The van der Waals surface area contributed by atoms with Gasteiger partial charge in [0.2, 0.25) is 11.8 Å². The molecule has 0 aliphatic heterocycles. The van der Waals surface area contributed by atoms with E-state index >= 15 is 0 Å². The Labute approximate surface area is 182 Å². The quantitative estimate of drug-likeness (QED) is 0.559. The number of benzene rings is 3. The second kappa shape index (κ2) is 10.9. The summed E-state index contributed by atoms with van der Waals surface area (Å²) in [6, 6.07) is 26.5. The predicted octanol–water partition coefficient (Wildman–Crippen LogP) is 3.47. The number of hydrogen-bond acceptors (Lipinski definition) is 4. The van der Waals surface area contributed by atoms with Gasteiger partial charge in [-0.3, -0.25) is 14.5 Å². The van der Waals surface area contributed by atoms with E-state index in [1.807, 2.05) is 60.7 Å². The summed E-state index contributed by atoms with van der Waals surface area (Å²) in [7, 11) is 3.33. The Balaban J connectivity index is 1.56. The Morgan fingerprint density at radius 2 is 1.32 bits per heavy atom. The van der Waals surface area contributed by atoms with Gasteiger partial charge in [-0.1, -0.05) is 60.7 Å². The molecule has 6 nitrogen and oxygen atoms in total. The molecule has 0 saturated carbocycles. The molecule has 0 saturated heterocycles. The molecule has 6 heteroatoms. The van der Waals surface area contributed by atoms with E-state index in [9.17, 15) is 9.59 Å². The zero-order chi connectivity index (χ0) is 22.1. The van der Waals surface area contributed by atoms with Crippen LogP contribution < -0.4 is 15.4 Å². The number of likely N-dealkylation sites (N-methyl/N-ethyl adjacent to an activating group) is 1. The minimum absolute atomic E-state index is 0.0980. The Bertz CT molecular complexity index is 936. The molecule has 31 heavy (non-hydrogen) atoms. The zero-order valence-corrected chi connectivity index (χ0v) is 17.7. The van der Waals surface area contributed by atoms with Gasteiger partial charge in [-0.2, -0.15) is 0 Å². The molecule has 0 bridgehead atoms. The molecule has 0 aliphatic rings. The average Bonchev–Trinajstić information content (AvgIpc) is 2.79. The molecular formula is C25H27N3O3. The second-order valence-electron chi connectivity index (χ2n) is 7.27. The van der Waals surface area contributed by atoms with Crippen molar-refractivity contribution < 1.29 is 14.3 Å². The van der Waals surface area contributed by atoms with Crippen molar-refractivity contribution in [1.82, 2.24) is 10.2 Å². The van der Waals surface area contributed by atoms with E-state index in [0.29, 0.717) is 5.69 Å². The van der Waals surface area contributed by atoms with Crippen molar-refractivity contribution in [3.05, 3.63) is 96.1 Å². The first-order valence-corrected chi connectivity index (χ1v) is 10.1. The number of anilines is 1. The molecule has 0 unspecified atom stereocenters. The summed E-state index contributed by atoms with van der Waals surface area (Å²) < 4.78 is 5.11. The molecule has 0 atom stereocenters. The number of carbonyl (C=O) groups excluding carboxylic acids is 2. The van der Waals surface area contributed by atoms with Gasteiger partial charge in [0, 0.05) is 5.69 Å². The molecule has 0 radical (unpaired) electrons.